The maximum absolute atomic E-state index is 12.4. The molecule has 1 unspecified atom stereocenters. The van der Waals surface area contributed by atoms with Gasteiger partial charge in [0.2, 0.25) is 0 Å². The minimum absolute atomic E-state index is 0.00987. The number of ether oxygens (including phenoxy) is 1. The fourth-order valence-corrected chi connectivity index (χ4v) is 5.40. The number of carbonyl (C=O) groups excluding carboxylic acids is 1. The Balaban J connectivity index is 3.62. The molecule has 0 aliphatic carbocycles. The molecule has 0 bridgehead atoms. The summed E-state index contributed by atoms with van der Waals surface area (Å²) in [5.74, 6) is -0.677. The molecule has 1 atom stereocenters. The minimum Gasteiger partial charge on any atom is -0.481 e. The number of esters is 1. The van der Waals surface area contributed by atoms with Crippen molar-refractivity contribution in [1.82, 2.24) is 0 Å². The van der Waals surface area contributed by atoms with Crippen molar-refractivity contribution in [2.75, 3.05) is 0 Å². The van der Waals surface area contributed by atoms with Crippen LogP contribution in [0.25, 0.3) is 0 Å². The largest absolute Gasteiger partial charge is 0.481 e. The van der Waals surface area contributed by atoms with E-state index in [1.165, 1.54) is 83.5 Å². The van der Waals surface area contributed by atoms with E-state index in [1.807, 2.05) is 0 Å². The van der Waals surface area contributed by atoms with Crippen LogP contribution in [0.2, 0.25) is 0 Å². The van der Waals surface area contributed by atoms with Gasteiger partial charge in [0.25, 0.3) is 0 Å². The van der Waals surface area contributed by atoms with Gasteiger partial charge in [-0.15, -0.1) is 0 Å². The van der Waals surface area contributed by atoms with Crippen LogP contribution in [0.4, 0.5) is 0 Å². The van der Waals surface area contributed by atoms with E-state index in [4.69, 9.17) is 9.84 Å². The normalized spacial score (nSPS) is 12.8. The van der Waals surface area contributed by atoms with Crippen LogP contribution >= 0.6 is 0 Å². The predicted octanol–water partition coefficient (Wildman–Crippen LogP) is 12.8. The maximum atomic E-state index is 12.4. The highest BCUT2D eigenvalue weighted by Gasteiger charge is 2.13. The zero-order valence-electron chi connectivity index (χ0n) is 29.0. The second-order valence-corrected chi connectivity index (χ2v) is 12.4. The Bertz CT molecular complexity index is 748. The van der Waals surface area contributed by atoms with Crippen LogP contribution in [0, 0.1) is 0 Å². The molecule has 0 aliphatic rings. The van der Waals surface area contributed by atoms with E-state index in [9.17, 15) is 9.59 Å². The molecule has 0 amide bonds. The van der Waals surface area contributed by atoms with Crippen LogP contribution in [-0.2, 0) is 14.3 Å². The summed E-state index contributed by atoms with van der Waals surface area (Å²) >= 11 is 0. The Morgan fingerprint density at radius 3 is 1.43 bits per heavy atom. The van der Waals surface area contributed by atoms with Gasteiger partial charge in [-0.1, -0.05) is 152 Å². The fraction of sp³-hybridized carbons (Fsp3) is 0.750. The second kappa shape index (κ2) is 35.4. The molecule has 0 aliphatic heterocycles. The first-order valence-corrected chi connectivity index (χ1v) is 18.6. The van der Waals surface area contributed by atoms with Crippen LogP contribution < -0.4 is 0 Å². The zero-order valence-corrected chi connectivity index (χ0v) is 29.0. The third-order valence-corrected chi connectivity index (χ3v) is 8.05. The van der Waals surface area contributed by atoms with E-state index in [0.717, 1.165) is 77.0 Å². The number of carboxylic acid groups (broad SMARTS) is 1. The lowest BCUT2D eigenvalue weighted by atomic mass is 10.0. The molecular weight excluding hydrogens is 544 g/mol. The average Bonchev–Trinajstić information content (AvgIpc) is 3.00. The third kappa shape index (κ3) is 34.4. The van der Waals surface area contributed by atoms with Gasteiger partial charge in [0, 0.05) is 12.8 Å². The van der Waals surface area contributed by atoms with Gasteiger partial charge in [-0.3, -0.25) is 9.59 Å². The van der Waals surface area contributed by atoms with Crippen molar-refractivity contribution in [2.24, 2.45) is 0 Å². The van der Waals surface area contributed by atoms with Gasteiger partial charge in [-0.2, -0.15) is 0 Å². The lowest BCUT2D eigenvalue weighted by molar-refractivity contribution is -0.150. The number of rotatable bonds is 33. The molecule has 0 heterocycles. The van der Waals surface area contributed by atoms with Gasteiger partial charge in [0.1, 0.15) is 6.10 Å². The summed E-state index contributed by atoms with van der Waals surface area (Å²) in [6.07, 6.45) is 47.6. The van der Waals surface area contributed by atoms with Crippen molar-refractivity contribution < 1.29 is 19.4 Å². The highest BCUT2D eigenvalue weighted by atomic mass is 16.5. The first-order chi connectivity index (χ1) is 21.6. The van der Waals surface area contributed by atoms with Crippen LogP contribution in [0.1, 0.15) is 187 Å². The van der Waals surface area contributed by atoms with Gasteiger partial charge >= 0.3 is 11.9 Å². The Labute approximate surface area is 272 Å². The van der Waals surface area contributed by atoms with E-state index in [0.29, 0.717) is 12.8 Å². The molecule has 1 N–H and O–H groups in total. The zero-order chi connectivity index (χ0) is 32.2. The number of unbranched alkanes of at least 4 members (excludes halogenated alkanes) is 16. The molecule has 0 spiro atoms. The number of hydrogen-bond acceptors (Lipinski definition) is 3. The molecule has 4 heteroatoms. The summed E-state index contributed by atoms with van der Waals surface area (Å²) in [6, 6.07) is 0. The van der Waals surface area contributed by atoms with Gasteiger partial charge < -0.3 is 9.84 Å². The molecule has 0 aromatic rings. The molecule has 0 radical (unpaired) electrons. The van der Waals surface area contributed by atoms with Gasteiger partial charge in [0.05, 0.1) is 0 Å². The Kier molecular flexibility index (Phi) is 33.7. The summed E-state index contributed by atoms with van der Waals surface area (Å²) in [7, 11) is 0. The Morgan fingerprint density at radius 2 is 0.955 bits per heavy atom. The molecule has 44 heavy (non-hydrogen) atoms. The third-order valence-electron chi connectivity index (χ3n) is 8.05. The first kappa shape index (κ1) is 41.9. The number of hydrogen-bond donors (Lipinski definition) is 1. The minimum atomic E-state index is -0.667. The summed E-state index contributed by atoms with van der Waals surface area (Å²) in [5, 5.41) is 8.65. The van der Waals surface area contributed by atoms with E-state index in [-0.39, 0.29) is 12.1 Å². The smallest absolute Gasteiger partial charge is 0.306 e. The molecule has 0 rings (SSSR count). The summed E-state index contributed by atoms with van der Waals surface area (Å²) < 4.78 is 5.85. The summed E-state index contributed by atoms with van der Waals surface area (Å²) in [5.41, 5.74) is 0. The molecule has 254 valence electrons. The Morgan fingerprint density at radius 1 is 0.523 bits per heavy atom. The number of carboxylic acids is 1. The fourth-order valence-electron chi connectivity index (χ4n) is 5.40. The molecule has 4 nitrogen and oxygen atoms in total. The summed E-state index contributed by atoms with van der Waals surface area (Å²) in [6.45, 7) is 4.33. The van der Waals surface area contributed by atoms with Crippen molar-refractivity contribution in [3.63, 3.8) is 0 Å². The van der Waals surface area contributed by atoms with E-state index >= 15 is 0 Å². The van der Waals surface area contributed by atoms with E-state index in [1.54, 1.807) is 0 Å². The van der Waals surface area contributed by atoms with Gasteiger partial charge in [0.15, 0.2) is 0 Å². The molecule has 0 aromatic carbocycles. The maximum Gasteiger partial charge on any atom is 0.306 e. The summed E-state index contributed by atoms with van der Waals surface area (Å²) in [4.78, 5) is 22.9. The van der Waals surface area contributed by atoms with Crippen LogP contribution in [-0.4, -0.2) is 23.1 Å². The SMILES string of the molecule is CC/C=C\C/C=C\C/C=C\C/C=C\CCCCC(=O)OC(CCC)CCCCCCCCCCCCCCCCCC(=O)O. The standard InChI is InChI=1S/C40H70O4/c1-3-5-6-7-8-9-10-11-13-18-21-24-27-30-33-37-40(43)44-38(34-4-2)35-31-28-25-22-19-16-14-12-15-17-20-23-26-29-32-36-39(41)42/h5-6,8-9,11,13,21,24,38H,3-4,7,10,12,14-20,22-23,25-37H2,1-2H3,(H,41,42)/b6-5-,9-8-,13-11-,24-21-. The van der Waals surface area contributed by atoms with Crippen LogP contribution in [0.5, 0.6) is 0 Å². The molecule has 0 aromatic heterocycles. The molecule has 0 saturated carbocycles. The quantitative estimate of drug-likeness (QED) is 0.0454. The second-order valence-electron chi connectivity index (χ2n) is 12.4. The monoisotopic (exact) mass is 615 g/mol. The lowest BCUT2D eigenvalue weighted by Crippen LogP contribution is -2.18. The number of aliphatic carboxylic acids is 1. The molecule has 0 saturated heterocycles. The lowest BCUT2D eigenvalue weighted by Gasteiger charge is -2.17. The van der Waals surface area contributed by atoms with Crippen molar-refractivity contribution >= 4 is 11.9 Å². The van der Waals surface area contributed by atoms with Crippen molar-refractivity contribution in [2.45, 2.75) is 193 Å². The molecular formula is C40H70O4. The average molecular weight is 615 g/mol. The molecule has 0 fully saturated rings. The van der Waals surface area contributed by atoms with Crippen molar-refractivity contribution in [3.05, 3.63) is 48.6 Å². The van der Waals surface area contributed by atoms with Crippen molar-refractivity contribution in [3.8, 4) is 0 Å². The number of carbonyl (C=O) groups is 2. The topological polar surface area (TPSA) is 63.6 Å². The predicted molar refractivity (Wildman–Crippen MR) is 190 cm³/mol. The van der Waals surface area contributed by atoms with Gasteiger partial charge in [-0.25, -0.2) is 0 Å². The van der Waals surface area contributed by atoms with Crippen LogP contribution in [0.15, 0.2) is 48.6 Å². The first-order valence-electron chi connectivity index (χ1n) is 18.6. The highest BCUT2D eigenvalue weighted by Crippen LogP contribution is 2.17. The van der Waals surface area contributed by atoms with Crippen LogP contribution in [0.3, 0.4) is 0 Å². The van der Waals surface area contributed by atoms with Crippen molar-refractivity contribution in [1.29, 1.82) is 0 Å². The highest BCUT2D eigenvalue weighted by molar-refractivity contribution is 5.69. The number of allylic oxidation sites excluding steroid dienone is 8. The van der Waals surface area contributed by atoms with Gasteiger partial charge in [-0.05, 0) is 70.6 Å². The van der Waals surface area contributed by atoms with E-state index < -0.39 is 5.97 Å². The Hall–Kier alpha value is -2.10. The van der Waals surface area contributed by atoms with E-state index in [2.05, 4.69) is 62.5 Å².